The van der Waals surface area contributed by atoms with Gasteiger partial charge in [-0.1, -0.05) is 19.4 Å². The van der Waals surface area contributed by atoms with Gasteiger partial charge >= 0.3 is 6.01 Å². The predicted octanol–water partition coefficient (Wildman–Crippen LogP) is 7.86. The number of anilines is 1. The van der Waals surface area contributed by atoms with E-state index < -0.39 is 17.2 Å². The summed E-state index contributed by atoms with van der Waals surface area (Å²) in [5, 5.41) is 23.3. The second-order valence-corrected chi connectivity index (χ2v) is 16.9. The molecule has 9 nitrogen and oxygen atoms in total. The van der Waals surface area contributed by atoms with Crippen molar-refractivity contribution in [1.29, 1.82) is 0 Å². The number of fused-ring (bicyclic) bond motifs is 3. The summed E-state index contributed by atoms with van der Waals surface area (Å²) < 4.78 is 44.9. The van der Waals surface area contributed by atoms with Crippen LogP contribution in [0, 0.1) is 17.0 Å². The number of benzene rings is 2. The minimum absolute atomic E-state index is 0.0288. The smallest absolute Gasteiger partial charge is 0.319 e. The molecule has 5 heterocycles. The molecule has 53 heavy (non-hydrogen) atoms. The second-order valence-electron chi connectivity index (χ2n) is 16.9. The molecule has 2 saturated carbocycles. The van der Waals surface area contributed by atoms with Crippen molar-refractivity contribution >= 4 is 27.5 Å². The largest absolute Gasteiger partial charge is 0.508 e. The third-order valence-corrected chi connectivity index (χ3v) is 13.5. The fourth-order valence-electron chi connectivity index (χ4n) is 10.8. The normalized spacial score (nSPS) is 30.5. The van der Waals surface area contributed by atoms with E-state index in [0.717, 1.165) is 64.5 Å². The number of aryl methyl sites for hydroxylation is 1. The monoisotopic (exact) mass is 727 g/mol. The summed E-state index contributed by atoms with van der Waals surface area (Å²) in [7, 11) is 0. The van der Waals surface area contributed by atoms with Crippen LogP contribution in [0.2, 0.25) is 0 Å². The lowest BCUT2D eigenvalue weighted by atomic mass is 9.72. The fourth-order valence-corrected chi connectivity index (χ4v) is 10.8. The van der Waals surface area contributed by atoms with E-state index in [1.165, 1.54) is 31.4 Å². The number of halogens is 2. The van der Waals surface area contributed by atoms with Crippen molar-refractivity contribution < 1.29 is 28.5 Å². The lowest BCUT2D eigenvalue weighted by molar-refractivity contribution is -0.175. The molecule has 3 saturated heterocycles. The number of rotatable bonds is 7. The molecule has 3 atom stereocenters. The zero-order valence-electron chi connectivity index (χ0n) is 31.0. The lowest BCUT2D eigenvalue weighted by Crippen LogP contribution is -2.58. The number of pyridine rings is 1. The number of hydrogen-bond donors (Lipinski definition) is 2. The minimum atomic E-state index is -0.936. The Bertz CT molecular complexity index is 2050. The third-order valence-electron chi connectivity index (χ3n) is 13.5. The molecule has 0 unspecified atom stereocenters. The Morgan fingerprint density at radius 3 is 2.53 bits per heavy atom. The topological polar surface area (TPSA) is 104 Å². The van der Waals surface area contributed by atoms with Crippen LogP contribution < -0.4 is 9.64 Å². The van der Waals surface area contributed by atoms with E-state index in [-0.39, 0.29) is 34.0 Å². The molecule has 3 aliphatic heterocycles. The van der Waals surface area contributed by atoms with Gasteiger partial charge in [-0.15, -0.1) is 0 Å². The lowest BCUT2D eigenvalue weighted by Gasteiger charge is -2.53. The van der Waals surface area contributed by atoms with E-state index in [2.05, 4.69) is 9.88 Å². The van der Waals surface area contributed by atoms with Crippen molar-refractivity contribution in [2.75, 3.05) is 37.7 Å². The number of aliphatic hydroxyl groups is 1. The molecule has 11 heteroatoms. The number of phenolic OH excluding ortho intramolecular Hbond substituents is 1. The number of phenols is 1. The first kappa shape index (κ1) is 35.1. The van der Waals surface area contributed by atoms with Gasteiger partial charge in [-0.05, 0) is 125 Å². The molecule has 0 bridgehead atoms. The molecular weight excluding hydrogens is 676 g/mol. The average Bonchev–Trinajstić information content (AvgIpc) is 3.57. The number of piperidine rings is 2. The van der Waals surface area contributed by atoms with E-state index in [4.69, 9.17) is 19.4 Å². The first-order valence-electron chi connectivity index (χ1n) is 19.9. The zero-order chi connectivity index (χ0) is 36.5. The summed E-state index contributed by atoms with van der Waals surface area (Å²) in [6.07, 6.45) is 14.8. The molecule has 0 amide bonds. The number of nitrogens with zero attached hydrogens (tertiary/aromatic N) is 5. The molecule has 9 rings (SSSR count). The highest BCUT2D eigenvalue weighted by Gasteiger charge is 2.52. The Hall–Kier alpha value is -3.67. The molecular formula is C42H51F2N5O4. The molecule has 0 radical (unpaired) electrons. The van der Waals surface area contributed by atoms with Gasteiger partial charge in [-0.3, -0.25) is 9.88 Å². The number of aromatic hydroxyl groups is 1. The number of ether oxygens (including phenoxy) is 2. The molecule has 282 valence electrons. The quantitative estimate of drug-likeness (QED) is 0.197. The van der Waals surface area contributed by atoms with Crippen LogP contribution in [0.3, 0.4) is 0 Å². The molecule has 5 fully saturated rings. The molecule has 2 aromatic heterocycles. The highest BCUT2D eigenvalue weighted by atomic mass is 19.1. The highest BCUT2D eigenvalue weighted by molar-refractivity contribution is 6.01. The van der Waals surface area contributed by atoms with Crippen molar-refractivity contribution in [2.45, 2.75) is 121 Å². The Kier molecular flexibility index (Phi) is 8.78. The van der Waals surface area contributed by atoms with Crippen LogP contribution in [-0.4, -0.2) is 86.2 Å². The second kappa shape index (κ2) is 13.3. The number of aromatic nitrogens is 3. The summed E-state index contributed by atoms with van der Waals surface area (Å²) in [6.45, 7) is 7.10. The Morgan fingerprint density at radius 2 is 1.77 bits per heavy atom. The summed E-state index contributed by atoms with van der Waals surface area (Å²) in [4.78, 5) is 19.0. The minimum Gasteiger partial charge on any atom is -0.508 e. The van der Waals surface area contributed by atoms with Crippen LogP contribution in [0.5, 0.6) is 11.8 Å². The average molecular weight is 728 g/mol. The van der Waals surface area contributed by atoms with Crippen molar-refractivity contribution in [3.8, 4) is 23.0 Å². The van der Waals surface area contributed by atoms with Crippen molar-refractivity contribution in [3.63, 3.8) is 0 Å². The van der Waals surface area contributed by atoms with E-state index in [9.17, 15) is 10.2 Å². The van der Waals surface area contributed by atoms with E-state index in [0.29, 0.717) is 77.7 Å². The first-order valence-corrected chi connectivity index (χ1v) is 19.9. The Balaban J connectivity index is 1.09. The van der Waals surface area contributed by atoms with Gasteiger partial charge in [0.15, 0.2) is 5.82 Å². The van der Waals surface area contributed by atoms with Crippen LogP contribution >= 0.6 is 0 Å². The number of β-amino-alcohol motifs (C(OH)–C–C–N with tert-alkyl or cyclic N) is 1. The number of likely N-dealkylation sites (tertiary alicyclic amines) is 1. The van der Waals surface area contributed by atoms with Gasteiger partial charge in [0.2, 0.25) is 0 Å². The summed E-state index contributed by atoms with van der Waals surface area (Å²) in [5.41, 5.74) is -0.0807. The first-order chi connectivity index (χ1) is 25.6. The Morgan fingerprint density at radius 1 is 0.981 bits per heavy atom. The predicted molar refractivity (Wildman–Crippen MR) is 200 cm³/mol. The van der Waals surface area contributed by atoms with E-state index in [1.807, 2.05) is 18.7 Å². The highest BCUT2D eigenvalue weighted by Crippen LogP contribution is 2.51. The summed E-state index contributed by atoms with van der Waals surface area (Å²) in [5.74, 6) is -0.675. The van der Waals surface area contributed by atoms with Crippen LogP contribution in [0.1, 0.15) is 96.5 Å². The molecule has 2 aromatic carbocycles. The molecule has 1 spiro atoms. The molecule has 2 N–H and O–H groups in total. The SMILES string of the molecule is CCc1c(F)ccc2cc(O)cc(-c3ncc4c(N5CCC[C@@](C)(O)C5)nc(OC[C@]56CCC[C@H]5N(C5CCC7(CCO7)CC5)CCC6)nc4c3F)c12. The molecule has 4 aromatic rings. The fraction of sp³-hybridized carbons (Fsp3) is 0.595. The zero-order valence-corrected chi connectivity index (χ0v) is 31.0. The van der Waals surface area contributed by atoms with Gasteiger partial charge in [0.1, 0.15) is 28.6 Å². The van der Waals surface area contributed by atoms with Crippen LogP contribution in [0.4, 0.5) is 14.6 Å². The van der Waals surface area contributed by atoms with Gasteiger partial charge in [0, 0.05) is 42.3 Å². The van der Waals surface area contributed by atoms with Crippen LogP contribution in [0.15, 0.2) is 30.5 Å². The van der Waals surface area contributed by atoms with Gasteiger partial charge in [-0.25, -0.2) is 8.78 Å². The maximum absolute atomic E-state index is 17.1. The molecule has 5 aliphatic rings. The number of hydrogen-bond acceptors (Lipinski definition) is 9. The Labute approximate surface area is 309 Å². The van der Waals surface area contributed by atoms with Crippen LogP contribution in [-0.2, 0) is 11.2 Å². The van der Waals surface area contributed by atoms with Gasteiger partial charge in [0.25, 0.3) is 0 Å². The third kappa shape index (κ3) is 6.11. The van der Waals surface area contributed by atoms with Crippen LogP contribution in [0.25, 0.3) is 32.9 Å². The van der Waals surface area contributed by atoms with Gasteiger partial charge in [0.05, 0.1) is 29.8 Å². The molecule has 2 aliphatic carbocycles. The summed E-state index contributed by atoms with van der Waals surface area (Å²) >= 11 is 0. The maximum atomic E-state index is 17.1. The maximum Gasteiger partial charge on any atom is 0.319 e. The van der Waals surface area contributed by atoms with Gasteiger partial charge < -0.3 is 24.6 Å². The van der Waals surface area contributed by atoms with Crippen molar-refractivity contribution in [2.24, 2.45) is 5.41 Å². The van der Waals surface area contributed by atoms with Crippen molar-refractivity contribution in [3.05, 3.63) is 47.7 Å². The standard InChI is InChI=1S/C42H51F2N5O4/c1-3-29-32(43)9-8-26-21-28(50)22-30(34(26)29)36-35(44)37-31(23-45-36)38(48-18-5-12-40(2,51)24-48)47-39(46-37)52-25-41-13-4-7-33(41)49(19-6-14-41)27-10-15-42(16-11-27)17-20-53-42/h8-9,21-23,27,33,50-51H,3-7,10-20,24-25H2,1-2H3/t27?,33-,40-,41-,42?/m1/s1. The summed E-state index contributed by atoms with van der Waals surface area (Å²) in [6, 6.07) is 7.07. The van der Waals surface area contributed by atoms with Gasteiger partial charge in [-0.2, -0.15) is 9.97 Å². The van der Waals surface area contributed by atoms with E-state index >= 15 is 8.78 Å². The van der Waals surface area contributed by atoms with E-state index in [1.54, 1.807) is 18.3 Å². The van der Waals surface area contributed by atoms with Crippen molar-refractivity contribution in [1.82, 2.24) is 19.9 Å².